The molecule has 18 heavy (non-hydrogen) atoms. The standard InChI is InChI=1S/C13H26N2O3/c1-14-13(18)15-11-9-7-5-3-2-4-6-8-10-12(16)17/h2-11H2,1H3,(H,16,17)(H2,14,15,18). The second-order valence-electron chi connectivity index (χ2n) is 4.48. The first-order valence-corrected chi connectivity index (χ1v) is 6.84. The van der Waals surface area contributed by atoms with E-state index in [2.05, 4.69) is 10.6 Å². The molecule has 106 valence electrons. The largest absolute Gasteiger partial charge is 0.481 e. The molecule has 0 saturated heterocycles. The van der Waals surface area contributed by atoms with Crippen LogP contribution in [0.1, 0.15) is 57.8 Å². The van der Waals surface area contributed by atoms with E-state index in [1.165, 1.54) is 19.3 Å². The fraction of sp³-hybridized carbons (Fsp3) is 0.846. The lowest BCUT2D eigenvalue weighted by atomic mass is 10.1. The molecule has 0 aliphatic rings. The normalized spacial score (nSPS) is 10.1. The fourth-order valence-electron chi connectivity index (χ4n) is 1.75. The summed E-state index contributed by atoms with van der Waals surface area (Å²) in [6.07, 6.45) is 8.97. The number of carbonyl (C=O) groups is 2. The molecular weight excluding hydrogens is 232 g/mol. The summed E-state index contributed by atoms with van der Waals surface area (Å²) in [7, 11) is 1.61. The summed E-state index contributed by atoms with van der Waals surface area (Å²) in [6, 6.07) is -0.117. The fourth-order valence-corrected chi connectivity index (χ4v) is 1.75. The molecule has 5 heteroatoms. The Morgan fingerprint density at radius 3 is 1.89 bits per heavy atom. The molecule has 0 unspecified atom stereocenters. The van der Waals surface area contributed by atoms with E-state index >= 15 is 0 Å². The SMILES string of the molecule is CNC(=O)NCCCCCCCCCCC(=O)O. The highest BCUT2D eigenvalue weighted by molar-refractivity contribution is 5.73. The number of carbonyl (C=O) groups excluding carboxylic acids is 1. The Kier molecular flexibility index (Phi) is 11.3. The van der Waals surface area contributed by atoms with Crippen LogP contribution in [-0.4, -0.2) is 30.7 Å². The average molecular weight is 258 g/mol. The maximum absolute atomic E-state index is 10.8. The average Bonchev–Trinajstić information content (AvgIpc) is 2.35. The summed E-state index contributed by atoms with van der Waals surface area (Å²) >= 11 is 0. The third kappa shape index (κ3) is 12.8. The number of hydrogen-bond donors (Lipinski definition) is 3. The molecule has 0 aromatic carbocycles. The molecule has 0 aliphatic heterocycles. The second kappa shape index (κ2) is 12.2. The molecule has 0 aromatic heterocycles. The molecule has 2 amide bonds. The molecule has 0 bridgehead atoms. The van der Waals surface area contributed by atoms with Crippen LogP contribution in [0.4, 0.5) is 4.79 Å². The van der Waals surface area contributed by atoms with Crippen molar-refractivity contribution in [2.24, 2.45) is 0 Å². The van der Waals surface area contributed by atoms with Crippen molar-refractivity contribution in [3.8, 4) is 0 Å². The van der Waals surface area contributed by atoms with Gasteiger partial charge in [-0.05, 0) is 12.8 Å². The van der Waals surface area contributed by atoms with Crippen LogP contribution in [0.5, 0.6) is 0 Å². The number of nitrogens with one attached hydrogen (secondary N) is 2. The summed E-state index contributed by atoms with van der Waals surface area (Å²) in [5.41, 5.74) is 0. The Bertz CT molecular complexity index is 232. The first-order valence-electron chi connectivity index (χ1n) is 6.84. The molecule has 0 atom stereocenters. The molecule has 5 nitrogen and oxygen atoms in total. The minimum atomic E-state index is -0.696. The zero-order valence-corrected chi connectivity index (χ0v) is 11.3. The van der Waals surface area contributed by atoms with Gasteiger partial charge in [0, 0.05) is 20.0 Å². The maximum atomic E-state index is 10.8. The van der Waals surface area contributed by atoms with Gasteiger partial charge in [-0.3, -0.25) is 4.79 Å². The van der Waals surface area contributed by atoms with Gasteiger partial charge in [0.2, 0.25) is 0 Å². The number of unbranched alkanes of at least 4 members (excludes halogenated alkanes) is 7. The van der Waals surface area contributed by atoms with Crippen molar-refractivity contribution in [3.63, 3.8) is 0 Å². The Morgan fingerprint density at radius 1 is 0.889 bits per heavy atom. The monoisotopic (exact) mass is 258 g/mol. The molecular formula is C13H26N2O3. The smallest absolute Gasteiger partial charge is 0.314 e. The summed E-state index contributed by atoms with van der Waals surface area (Å²) in [4.78, 5) is 21.1. The number of hydrogen-bond acceptors (Lipinski definition) is 2. The van der Waals surface area contributed by atoms with E-state index in [1.54, 1.807) is 7.05 Å². The lowest BCUT2D eigenvalue weighted by Gasteiger charge is -2.04. The van der Waals surface area contributed by atoms with E-state index in [1.807, 2.05) is 0 Å². The van der Waals surface area contributed by atoms with Crippen LogP contribution in [0.2, 0.25) is 0 Å². The van der Waals surface area contributed by atoms with Gasteiger partial charge in [0.1, 0.15) is 0 Å². The van der Waals surface area contributed by atoms with Crippen molar-refractivity contribution >= 4 is 12.0 Å². The second-order valence-corrected chi connectivity index (χ2v) is 4.48. The van der Waals surface area contributed by atoms with Gasteiger partial charge in [-0.1, -0.05) is 38.5 Å². The van der Waals surface area contributed by atoms with E-state index < -0.39 is 5.97 Å². The van der Waals surface area contributed by atoms with E-state index in [4.69, 9.17) is 5.11 Å². The zero-order valence-electron chi connectivity index (χ0n) is 11.3. The molecule has 0 aliphatic carbocycles. The molecule has 0 saturated carbocycles. The number of carboxylic acid groups (broad SMARTS) is 1. The van der Waals surface area contributed by atoms with Crippen LogP contribution in [0.25, 0.3) is 0 Å². The molecule has 0 aromatic rings. The Morgan fingerprint density at radius 2 is 1.39 bits per heavy atom. The number of rotatable bonds is 11. The van der Waals surface area contributed by atoms with Crippen LogP contribution < -0.4 is 10.6 Å². The van der Waals surface area contributed by atoms with Crippen molar-refractivity contribution in [2.75, 3.05) is 13.6 Å². The summed E-state index contributed by atoms with van der Waals surface area (Å²) < 4.78 is 0. The van der Waals surface area contributed by atoms with Gasteiger partial charge in [-0.2, -0.15) is 0 Å². The molecule has 0 radical (unpaired) electrons. The lowest BCUT2D eigenvalue weighted by Crippen LogP contribution is -2.33. The number of aliphatic carboxylic acids is 1. The van der Waals surface area contributed by atoms with Crippen LogP contribution in [0.15, 0.2) is 0 Å². The molecule has 0 fully saturated rings. The van der Waals surface area contributed by atoms with Gasteiger partial charge >= 0.3 is 12.0 Å². The Labute approximate surface area is 109 Å². The van der Waals surface area contributed by atoms with E-state index in [-0.39, 0.29) is 6.03 Å². The molecule has 0 heterocycles. The number of amides is 2. The highest BCUT2D eigenvalue weighted by Crippen LogP contribution is 2.09. The molecule has 0 spiro atoms. The van der Waals surface area contributed by atoms with Crippen LogP contribution in [-0.2, 0) is 4.79 Å². The van der Waals surface area contributed by atoms with Crippen molar-refractivity contribution in [1.82, 2.24) is 10.6 Å². The molecule has 0 rings (SSSR count). The first kappa shape index (κ1) is 16.7. The van der Waals surface area contributed by atoms with Gasteiger partial charge in [0.15, 0.2) is 0 Å². The number of carboxylic acids is 1. The lowest BCUT2D eigenvalue weighted by molar-refractivity contribution is -0.137. The van der Waals surface area contributed by atoms with Crippen LogP contribution in [0, 0.1) is 0 Å². The van der Waals surface area contributed by atoms with E-state index in [0.29, 0.717) is 6.42 Å². The summed E-state index contributed by atoms with van der Waals surface area (Å²) in [5.74, 6) is -0.696. The van der Waals surface area contributed by atoms with Gasteiger partial charge < -0.3 is 15.7 Å². The highest BCUT2D eigenvalue weighted by atomic mass is 16.4. The topological polar surface area (TPSA) is 78.4 Å². The van der Waals surface area contributed by atoms with Crippen LogP contribution >= 0.6 is 0 Å². The van der Waals surface area contributed by atoms with Gasteiger partial charge in [0.05, 0.1) is 0 Å². The van der Waals surface area contributed by atoms with E-state index in [0.717, 1.165) is 38.6 Å². The van der Waals surface area contributed by atoms with E-state index in [9.17, 15) is 9.59 Å². The number of urea groups is 1. The molecule has 3 N–H and O–H groups in total. The van der Waals surface area contributed by atoms with Crippen molar-refractivity contribution in [2.45, 2.75) is 57.8 Å². The quantitative estimate of drug-likeness (QED) is 0.498. The van der Waals surface area contributed by atoms with Crippen molar-refractivity contribution in [3.05, 3.63) is 0 Å². The predicted molar refractivity (Wildman–Crippen MR) is 71.6 cm³/mol. The third-order valence-electron chi connectivity index (χ3n) is 2.83. The van der Waals surface area contributed by atoms with Crippen LogP contribution in [0.3, 0.4) is 0 Å². The van der Waals surface area contributed by atoms with Crippen molar-refractivity contribution in [1.29, 1.82) is 0 Å². The third-order valence-corrected chi connectivity index (χ3v) is 2.83. The zero-order chi connectivity index (χ0) is 13.6. The highest BCUT2D eigenvalue weighted by Gasteiger charge is 1.97. The van der Waals surface area contributed by atoms with Gasteiger partial charge in [-0.15, -0.1) is 0 Å². The summed E-state index contributed by atoms with van der Waals surface area (Å²) in [6.45, 7) is 0.734. The Hall–Kier alpha value is -1.26. The van der Waals surface area contributed by atoms with Gasteiger partial charge in [-0.25, -0.2) is 4.79 Å². The van der Waals surface area contributed by atoms with Crippen molar-refractivity contribution < 1.29 is 14.7 Å². The summed E-state index contributed by atoms with van der Waals surface area (Å²) in [5, 5.41) is 13.7. The first-order chi connectivity index (χ1) is 8.66. The Balaban J connectivity index is 3.03. The minimum Gasteiger partial charge on any atom is -0.481 e. The maximum Gasteiger partial charge on any atom is 0.314 e. The van der Waals surface area contributed by atoms with Gasteiger partial charge in [0.25, 0.3) is 0 Å². The predicted octanol–water partition coefficient (Wildman–Crippen LogP) is 2.51. The minimum absolute atomic E-state index is 0.117.